The van der Waals surface area contributed by atoms with E-state index in [9.17, 15) is 9.59 Å². The molecule has 1 aromatic heterocycles. The minimum absolute atomic E-state index is 0.00425. The molecule has 8 heteroatoms. The number of carbonyl (C=O) groups excluding carboxylic acids is 2. The van der Waals surface area contributed by atoms with Crippen molar-refractivity contribution in [1.29, 1.82) is 0 Å². The Morgan fingerprint density at radius 3 is 2.46 bits per heavy atom. The predicted octanol–water partition coefficient (Wildman–Crippen LogP) is 4.70. The zero-order chi connectivity index (χ0) is 25.8. The Bertz CT molecular complexity index is 1260. The predicted molar refractivity (Wildman–Crippen MR) is 146 cm³/mol. The van der Waals surface area contributed by atoms with Crippen LogP contribution in [0.2, 0.25) is 5.02 Å². The molecule has 1 aliphatic carbocycles. The molecule has 2 aliphatic rings. The Hall–Kier alpha value is -3.45. The monoisotopic (exact) mass is 517 g/mol. The maximum absolute atomic E-state index is 13.3. The van der Waals surface area contributed by atoms with Crippen LogP contribution in [0.5, 0.6) is 0 Å². The molecule has 0 N–H and O–H groups in total. The molecule has 0 atom stereocenters. The zero-order valence-electron chi connectivity index (χ0n) is 21.1. The van der Waals surface area contributed by atoms with E-state index in [2.05, 4.69) is 15.1 Å². The molecule has 7 nitrogen and oxygen atoms in total. The average molecular weight is 518 g/mol. The van der Waals surface area contributed by atoms with E-state index >= 15 is 0 Å². The summed E-state index contributed by atoms with van der Waals surface area (Å²) in [6.07, 6.45) is 3.08. The fraction of sp³-hybridized carbons (Fsp3) is 0.379. The first kappa shape index (κ1) is 25.2. The van der Waals surface area contributed by atoms with E-state index in [4.69, 9.17) is 11.6 Å². The molecular formula is C29H32ClN5O2. The van der Waals surface area contributed by atoms with Crippen LogP contribution >= 0.6 is 11.6 Å². The molecule has 3 aromatic rings. The van der Waals surface area contributed by atoms with Gasteiger partial charge in [0.05, 0.1) is 10.7 Å². The Morgan fingerprint density at radius 1 is 0.946 bits per heavy atom. The second kappa shape index (κ2) is 11.3. The maximum Gasteiger partial charge on any atom is 0.254 e. The molecule has 1 aliphatic heterocycles. The van der Waals surface area contributed by atoms with Gasteiger partial charge in [-0.1, -0.05) is 48.0 Å². The van der Waals surface area contributed by atoms with Gasteiger partial charge in [0.2, 0.25) is 5.91 Å². The molecule has 192 valence electrons. The topological polar surface area (TPSA) is 69.6 Å². The lowest BCUT2D eigenvalue weighted by atomic mass is 10.1. The van der Waals surface area contributed by atoms with Crippen molar-refractivity contribution in [3.8, 4) is 11.3 Å². The highest BCUT2D eigenvalue weighted by Gasteiger charge is 2.30. The molecule has 0 unspecified atom stereocenters. The van der Waals surface area contributed by atoms with Crippen molar-refractivity contribution in [3.63, 3.8) is 0 Å². The first-order chi connectivity index (χ1) is 18.0. The molecular weight excluding hydrogens is 486 g/mol. The first-order valence-electron chi connectivity index (χ1n) is 13.0. The molecule has 1 saturated heterocycles. The van der Waals surface area contributed by atoms with Crippen molar-refractivity contribution in [2.24, 2.45) is 5.92 Å². The second-order valence-electron chi connectivity index (χ2n) is 9.92. The highest BCUT2D eigenvalue weighted by atomic mass is 35.5. The smallest absolute Gasteiger partial charge is 0.254 e. The number of rotatable bonds is 7. The van der Waals surface area contributed by atoms with E-state index in [1.165, 1.54) is 0 Å². The standard InChI is InChI=1S/C29H32ClN5O2/c1-21-7-2-3-8-23(21)29(37)35(19-22-11-12-22)20-28(36)34-16-6-15-33(17-18-34)27-14-13-26(31-32-27)24-9-4-5-10-25(24)30/h2-5,7-10,13-14,22H,6,11-12,15-20H2,1H3. The maximum atomic E-state index is 13.3. The number of carbonyl (C=O) groups is 2. The van der Waals surface area contributed by atoms with Crippen LogP contribution < -0.4 is 4.90 Å². The summed E-state index contributed by atoms with van der Waals surface area (Å²) in [7, 11) is 0. The van der Waals surface area contributed by atoms with Gasteiger partial charge in [-0.05, 0) is 61.9 Å². The number of halogens is 1. The van der Waals surface area contributed by atoms with Gasteiger partial charge in [0.25, 0.3) is 5.91 Å². The quantitative estimate of drug-likeness (QED) is 0.454. The largest absolute Gasteiger partial charge is 0.353 e. The molecule has 2 fully saturated rings. The molecule has 2 aromatic carbocycles. The van der Waals surface area contributed by atoms with Crippen LogP contribution in [0.4, 0.5) is 5.82 Å². The lowest BCUT2D eigenvalue weighted by Crippen LogP contribution is -2.45. The van der Waals surface area contributed by atoms with Crippen molar-refractivity contribution in [2.45, 2.75) is 26.2 Å². The van der Waals surface area contributed by atoms with Crippen LogP contribution in [-0.4, -0.2) is 71.1 Å². The van der Waals surface area contributed by atoms with Crippen molar-refractivity contribution in [2.75, 3.05) is 44.2 Å². The summed E-state index contributed by atoms with van der Waals surface area (Å²) in [4.78, 5) is 32.5. The van der Waals surface area contributed by atoms with Gasteiger partial charge in [-0.3, -0.25) is 9.59 Å². The van der Waals surface area contributed by atoms with Crippen LogP contribution in [0.15, 0.2) is 60.7 Å². The average Bonchev–Trinajstić information content (AvgIpc) is 3.75. The summed E-state index contributed by atoms with van der Waals surface area (Å²) in [5.74, 6) is 1.25. The van der Waals surface area contributed by atoms with Crippen LogP contribution in [0.25, 0.3) is 11.3 Å². The number of hydrogen-bond acceptors (Lipinski definition) is 5. The number of aryl methyl sites for hydroxylation is 1. The number of hydrogen-bond donors (Lipinski definition) is 0. The number of amides is 2. The highest BCUT2D eigenvalue weighted by Crippen LogP contribution is 2.30. The van der Waals surface area contributed by atoms with E-state index in [1.54, 1.807) is 4.90 Å². The number of aromatic nitrogens is 2. The summed E-state index contributed by atoms with van der Waals surface area (Å²) in [6, 6.07) is 19.1. The summed E-state index contributed by atoms with van der Waals surface area (Å²) in [6.45, 7) is 5.41. The second-order valence-corrected chi connectivity index (χ2v) is 10.3. The van der Waals surface area contributed by atoms with E-state index in [1.807, 2.05) is 72.5 Å². The van der Waals surface area contributed by atoms with E-state index in [0.29, 0.717) is 42.7 Å². The summed E-state index contributed by atoms with van der Waals surface area (Å²) in [5.41, 5.74) is 3.20. The van der Waals surface area contributed by atoms with E-state index < -0.39 is 0 Å². The number of anilines is 1. The Morgan fingerprint density at radius 2 is 1.73 bits per heavy atom. The van der Waals surface area contributed by atoms with Crippen molar-refractivity contribution in [3.05, 3.63) is 76.8 Å². The van der Waals surface area contributed by atoms with Gasteiger partial charge in [0.1, 0.15) is 6.54 Å². The molecule has 2 heterocycles. The van der Waals surface area contributed by atoms with Gasteiger partial charge < -0.3 is 14.7 Å². The summed E-state index contributed by atoms with van der Waals surface area (Å²) < 4.78 is 0. The highest BCUT2D eigenvalue weighted by molar-refractivity contribution is 6.33. The lowest BCUT2D eigenvalue weighted by molar-refractivity contribution is -0.131. The normalized spacial score (nSPS) is 15.8. The third-order valence-corrected chi connectivity index (χ3v) is 7.47. The van der Waals surface area contributed by atoms with Gasteiger partial charge in [-0.25, -0.2) is 0 Å². The molecule has 0 bridgehead atoms. The van der Waals surface area contributed by atoms with Gasteiger partial charge in [0, 0.05) is 43.9 Å². The van der Waals surface area contributed by atoms with Gasteiger partial charge in [0.15, 0.2) is 5.82 Å². The first-order valence-corrected chi connectivity index (χ1v) is 13.3. The summed E-state index contributed by atoms with van der Waals surface area (Å²) in [5, 5.41) is 9.49. The molecule has 2 amide bonds. The van der Waals surface area contributed by atoms with Gasteiger partial charge in [-0.15, -0.1) is 10.2 Å². The minimum Gasteiger partial charge on any atom is -0.353 e. The molecule has 37 heavy (non-hydrogen) atoms. The minimum atomic E-state index is -0.0521. The Balaban J connectivity index is 1.22. The third-order valence-electron chi connectivity index (χ3n) is 7.14. The Labute approximate surface area is 223 Å². The van der Waals surface area contributed by atoms with Crippen LogP contribution in [-0.2, 0) is 4.79 Å². The molecule has 0 radical (unpaired) electrons. The third kappa shape index (κ3) is 6.10. The van der Waals surface area contributed by atoms with E-state index in [0.717, 1.165) is 48.4 Å². The number of benzene rings is 2. The van der Waals surface area contributed by atoms with Crippen LogP contribution in [0, 0.1) is 12.8 Å². The lowest BCUT2D eigenvalue weighted by Gasteiger charge is -2.27. The fourth-order valence-corrected chi connectivity index (χ4v) is 5.01. The van der Waals surface area contributed by atoms with Crippen LogP contribution in [0.3, 0.4) is 0 Å². The van der Waals surface area contributed by atoms with E-state index in [-0.39, 0.29) is 18.4 Å². The van der Waals surface area contributed by atoms with Crippen LogP contribution in [0.1, 0.15) is 35.2 Å². The molecule has 1 saturated carbocycles. The Kier molecular flexibility index (Phi) is 7.70. The van der Waals surface area contributed by atoms with Crippen molar-refractivity contribution < 1.29 is 9.59 Å². The summed E-state index contributed by atoms with van der Waals surface area (Å²) >= 11 is 6.30. The fourth-order valence-electron chi connectivity index (χ4n) is 4.78. The molecule has 0 spiro atoms. The van der Waals surface area contributed by atoms with Crippen molar-refractivity contribution in [1.82, 2.24) is 20.0 Å². The molecule has 5 rings (SSSR count). The van der Waals surface area contributed by atoms with Crippen molar-refractivity contribution >= 4 is 29.2 Å². The number of nitrogens with zero attached hydrogens (tertiary/aromatic N) is 5. The van der Waals surface area contributed by atoms with Gasteiger partial charge in [-0.2, -0.15) is 0 Å². The van der Waals surface area contributed by atoms with Gasteiger partial charge >= 0.3 is 0 Å². The zero-order valence-corrected chi connectivity index (χ0v) is 21.9. The SMILES string of the molecule is Cc1ccccc1C(=O)N(CC(=O)N1CCCN(c2ccc(-c3ccccc3Cl)nn2)CC1)CC1CC1.